The van der Waals surface area contributed by atoms with Gasteiger partial charge in [-0.2, -0.15) is 0 Å². The Hall–Kier alpha value is -6.69. The minimum atomic E-state index is -0.516. The standard InChI is InChI=1S/2C11H9NO2.C11H13N.2C10H7NO2.C6H7N.6C2H6.I3/c2*13-9-8-6-11(8,10(14)12-9)7-4-2-1-3-5-7;1-2-4-9(5-3-1)11-6-10(11)7-12-8-11;2*12-9-6-8(10(13)11-9)7-4-2-1-3-5-7;7-6-4-2-1-3-5-6;6*1-2;1-3-2/h2*1-5,8H,6H2,(H,12,13,14);1-5,10,12H,6-8H2;2*1-6H,(H,11,12,13);1-5H,7H2;6*1-2H3;/q;;;;;;;;;;;;-1. The van der Waals surface area contributed by atoms with Crippen molar-refractivity contribution in [1.29, 1.82) is 0 Å². The molecule has 8 amide bonds. The molecule has 14 nitrogen and oxygen atoms in total. The zero-order chi connectivity index (χ0) is 65.9. The van der Waals surface area contributed by atoms with Crippen molar-refractivity contribution in [2.45, 2.75) is 119 Å². The van der Waals surface area contributed by atoms with Gasteiger partial charge in [-0.1, -0.05) is 253 Å². The van der Waals surface area contributed by atoms with Crippen molar-refractivity contribution in [1.82, 2.24) is 26.6 Å². The van der Waals surface area contributed by atoms with Crippen LogP contribution in [0.15, 0.2) is 194 Å². The number of piperidine rings is 3. The van der Waals surface area contributed by atoms with Gasteiger partial charge in [0.25, 0.3) is 23.6 Å². The van der Waals surface area contributed by atoms with E-state index in [9.17, 15) is 38.4 Å². The van der Waals surface area contributed by atoms with Crippen molar-refractivity contribution in [3.8, 4) is 0 Å². The van der Waals surface area contributed by atoms with Crippen LogP contribution in [0.5, 0.6) is 0 Å². The number of amides is 8. The van der Waals surface area contributed by atoms with Crippen molar-refractivity contribution in [3.63, 3.8) is 0 Å². The average Bonchev–Trinajstić information content (AvgIpc) is 1.57. The fourth-order valence-corrected chi connectivity index (χ4v) is 10.2. The van der Waals surface area contributed by atoms with Crippen molar-refractivity contribution in [2.75, 3.05) is 18.8 Å². The van der Waals surface area contributed by atoms with Crippen LogP contribution in [0.25, 0.3) is 11.1 Å². The molecule has 14 rings (SSSR count). The third-order valence-electron chi connectivity index (χ3n) is 14.3. The van der Waals surface area contributed by atoms with Crippen molar-refractivity contribution in [2.24, 2.45) is 17.8 Å². The Morgan fingerprint density at radius 1 is 0.409 bits per heavy atom. The molecule has 0 bridgehead atoms. The number of hydrogen-bond acceptors (Lipinski definition) is 10. The number of fused-ring (bicyclic) bond motifs is 3. The van der Waals surface area contributed by atoms with E-state index in [0.29, 0.717) is 42.7 Å². The van der Waals surface area contributed by atoms with E-state index >= 15 is 0 Å². The van der Waals surface area contributed by atoms with Gasteiger partial charge in [-0.15, -0.1) is 0 Å². The number of hydrogen-bond donors (Lipinski definition) is 6. The summed E-state index contributed by atoms with van der Waals surface area (Å²) in [6, 6.07) is 57.7. The summed E-state index contributed by atoms with van der Waals surface area (Å²) < 4.78 is 0. The number of para-hydroxylation sites is 1. The summed E-state index contributed by atoms with van der Waals surface area (Å²) in [4.78, 5) is 89.8. The van der Waals surface area contributed by atoms with Crippen LogP contribution in [0.2, 0.25) is 0 Å². The molecule has 6 atom stereocenters. The number of nitrogens with two attached hydrogens (primary N) is 1. The molecular weight excluding hydrogens is 1450 g/mol. The molecule has 7 N–H and O–H groups in total. The summed E-state index contributed by atoms with van der Waals surface area (Å²) in [5.74, 6) is -1.11. The molecule has 5 aliphatic heterocycles. The van der Waals surface area contributed by atoms with E-state index in [-0.39, 0.29) is 59.1 Å². The molecule has 5 heterocycles. The maximum absolute atomic E-state index is 11.6. The number of anilines is 1. The first-order valence-corrected chi connectivity index (χ1v) is 42.8. The quantitative estimate of drug-likeness (QED) is 0.0544. The van der Waals surface area contributed by atoms with Gasteiger partial charge < -0.3 is 11.1 Å². The molecule has 6 unspecified atom stereocenters. The van der Waals surface area contributed by atoms with Gasteiger partial charge in [0.05, 0.1) is 33.8 Å². The fraction of sp³-hybridized carbons (Fsp3) is 0.324. The monoisotopic (exact) mass is 1530 g/mol. The molecule has 3 saturated carbocycles. The van der Waals surface area contributed by atoms with E-state index < -0.39 is 10.8 Å². The van der Waals surface area contributed by atoms with Gasteiger partial charge in [0.1, 0.15) is 0 Å². The Labute approximate surface area is 551 Å². The maximum atomic E-state index is 11.6. The van der Waals surface area contributed by atoms with Gasteiger partial charge in [-0.25, -0.2) is 0 Å². The largest absolute Gasteiger partial charge is 0.399 e. The summed E-state index contributed by atoms with van der Waals surface area (Å²) in [6.07, 6.45) is 5.41. The van der Waals surface area contributed by atoms with Crippen LogP contribution in [0.4, 0.5) is 5.69 Å². The molecule has 472 valence electrons. The van der Waals surface area contributed by atoms with E-state index in [1.165, 1.54) is 31.7 Å². The van der Waals surface area contributed by atoms with E-state index in [1.807, 2.05) is 210 Å². The number of nitrogens with one attached hydrogen (secondary N) is 5. The minimum Gasteiger partial charge on any atom is -0.399 e. The summed E-state index contributed by atoms with van der Waals surface area (Å²) >= 11 is 5.30. The van der Waals surface area contributed by atoms with Gasteiger partial charge in [-0.05, 0) is 71.7 Å². The van der Waals surface area contributed by atoms with Gasteiger partial charge in [-0.3, -0.25) is 59.6 Å². The molecule has 3 saturated heterocycles. The van der Waals surface area contributed by atoms with Gasteiger partial charge in [0.2, 0.25) is 23.6 Å². The molecule has 0 radical (unpaired) electrons. The van der Waals surface area contributed by atoms with E-state index in [2.05, 4.69) is 94.1 Å². The van der Waals surface area contributed by atoms with Crippen LogP contribution in [0.1, 0.15) is 130 Å². The Kier molecular flexibility index (Phi) is 35.9. The number of rotatable bonds is 5. The predicted molar refractivity (Wildman–Crippen MR) is 370 cm³/mol. The molecule has 0 aromatic heterocycles. The number of carbonyl (C=O) groups excluding carboxylic acids is 8. The maximum Gasteiger partial charge on any atom is 0.258 e. The third-order valence-corrected chi connectivity index (χ3v) is 14.3. The Bertz CT molecular complexity index is 3030. The van der Waals surface area contributed by atoms with Crippen LogP contribution in [-0.2, 0) is 54.6 Å². The molecule has 3 aliphatic carbocycles. The first-order chi connectivity index (χ1) is 42.8. The van der Waals surface area contributed by atoms with E-state index in [0.717, 1.165) is 33.9 Å². The molecule has 6 fully saturated rings. The number of imide groups is 4. The Morgan fingerprint density at radius 2 is 0.705 bits per heavy atom. The first kappa shape index (κ1) is 77.4. The normalized spacial score (nSPS) is 21.9. The van der Waals surface area contributed by atoms with Crippen LogP contribution < -0.4 is 45.6 Å². The SMILES string of the molecule is CC.CC.CC.CC.CC.CC.I[I-]I.Nc1ccccc1.O=C1C=C(c2ccccc2)C(=O)N1.O=C1C=C(c2ccccc2)C(=O)N1.O=C1NC(=O)C2(c3ccccc3)CC12.O=C1NC(=O)C2(c3ccccc3)CC12.c1ccc(C23CNCC2C3)cc1. The Morgan fingerprint density at radius 3 is 0.920 bits per heavy atom. The average molecular weight is 1530 g/mol. The number of halogens is 3. The second-order valence-corrected chi connectivity index (χ2v) is 35.1. The van der Waals surface area contributed by atoms with Crippen LogP contribution in [0, 0.1) is 17.8 Å². The summed E-state index contributed by atoms with van der Waals surface area (Å²) in [5, 5.41) is 12.6. The van der Waals surface area contributed by atoms with E-state index in [1.54, 1.807) is 29.8 Å². The van der Waals surface area contributed by atoms with Crippen molar-refractivity contribution < 1.29 is 51.6 Å². The predicted octanol–water partition coefficient (Wildman–Crippen LogP) is 10.4. The van der Waals surface area contributed by atoms with Crippen LogP contribution in [-0.4, -0.2) is 60.3 Å². The van der Waals surface area contributed by atoms with Gasteiger partial charge in [0.15, 0.2) is 0 Å². The zero-order valence-corrected chi connectivity index (χ0v) is 59.2. The number of carbonyl (C=O) groups is 8. The molecule has 88 heavy (non-hydrogen) atoms. The number of nitrogen functional groups attached to an aromatic ring is 1. The molecule has 8 aliphatic rings. The summed E-state index contributed by atoms with van der Waals surface area (Å²) in [7, 11) is 0. The van der Waals surface area contributed by atoms with Crippen molar-refractivity contribution in [3.05, 3.63) is 222 Å². The summed E-state index contributed by atoms with van der Waals surface area (Å²) in [6.45, 7) is 26.4. The van der Waals surface area contributed by atoms with Gasteiger partial charge in [0, 0.05) is 29.8 Å². The first-order valence-electron chi connectivity index (χ1n) is 30.3. The van der Waals surface area contributed by atoms with Crippen LogP contribution in [0.3, 0.4) is 0 Å². The molecule has 6 aromatic rings. The smallest absolute Gasteiger partial charge is 0.258 e. The van der Waals surface area contributed by atoms with E-state index in [4.69, 9.17) is 5.73 Å². The zero-order valence-electron chi connectivity index (χ0n) is 52.7. The third kappa shape index (κ3) is 20.7. The van der Waals surface area contributed by atoms with Gasteiger partial charge >= 0.3 is 50.5 Å². The second-order valence-electron chi connectivity index (χ2n) is 18.8. The molecule has 17 heteroatoms. The second kappa shape index (κ2) is 40.8. The van der Waals surface area contributed by atoms with Crippen molar-refractivity contribution >= 4 is 101 Å². The molecule has 0 spiro atoms. The van der Waals surface area contributed by atoms with Crippen LogP contribution >= 0.6 is 37.2 Å². The molecular formula is C71H88I3N6O8-. The number of benzene rings is 6. The fourth-order valence-electron chi connectivity index (χ4n) is 10.2. The molecule has 6 aromatic carbocycles. The summed E-state index contributed by atoms with van der Waals surface area (Å²) in [5.41, 5.74) is 11.6. The Balaban J connectivity index is 0.000000347. The topological polar surface area (TPSA) is 223 Å². The minimum absolute atomic E-state index is 0.112.